The van der Waals surface area contributed by atoms with Crippen molar-refractivity contribution < 1.29 is 0 Å². The molecule has 0 unspecified atom stereocenters. The van der Waals surface area contributed by atoms with Crippen molar-refractivity contribution in [3.05, 3.63) is 29.6 Å². The Morgan fingerprint density at radius 1 is 1.43 bits per heavy atom. The van der Waals surface area contributed by atoms with Crippen LogP contribution in [0.3, 0.4) is 0 Å². The molecule has 1 heterocycles. The van der Waals surface area contributed by atoms with E-state index < -0.39 is 0 Å². The van der Waals surface area contributed by atoms with E-state index in [2.05, 4.69) is 41.3 Å². The van der Waals surface area contributed by atoms with Crippen molar-refractivity contribution in [2.45, 2.75) is 19.1 Å². The number of aromatic nitrogens is 2. The monoisotopic (exact) mass is 206 g/mol. The maximum atomic E-state index is 4.50. The molecule has 0 atom stereocenters. The van der Waals surface area contributed by atoms with Gasteiger partial charge in [-0.2, -0.15) is 11.8 Å². The number of aryl methyl sites for hydroxylation is 1. The summed E-state index contributed by atoms with van der Waals surface area (Å²) in [6.45, 7) is 2.17. The van der Waals surface area contributed by atoms with Crippen molar-refractivity contribution in [3.8, 4) is 0 Å². The van der Waals surface area contributed by atoms with Gasteiger partial charge < -0.3 is 4.98 Å². The first-order chi connectivity index (χ1) is 6.83. The molecule has 74 valence electrons. The Labute approximate surface area is 88.1 Å². The fourth-order valence-corrected chi connectivity index (χ4v) is 1.94. The van der Waals surface area contributed by atoms with E-state index in [-0.39, 0.29) is 0 Å². The Morgan fingerprint density at radius 3 is 3.00 bits per heavy atom. The third-order valence-corrected chi connectivity index (χ3v) is 2.85. The van der Waals surface area contributed by atoms with Crippen molar-refractivity contribution in [1.82, 2.24) is 9.97 Å². The molecule has 0 spiro atoms. The van der Waals surface area contributed by atoms with E-state index in [4.69, 9.17) is 0 Å². The highest BCUT2D eigenvalue weighted by Crippen LogP contribution is 2.16. The molecule has 0 saturated heterocycles. The lowest BCUT2D eigenvalue weighted by atomic mass is 10.1. The number of H-pyrrole nitrogens is 1. The number of hydrogen-bond acceptors (Lipinski definition) is 2. The first kappa shape index (κ1) is 9.59. The molecule has 14 heavy (non-hydrogen) atoms. The molecule has 0 aliphatic heterocycles. The van der Waals surface area contributed by atoms with E-state index in [1.165, 1.54) is 5.56 Å². The summed E-state index contributed by atoms with van der Waals surface area (Å²) in [5.41, 5.74) is 3.59. The molecule has 0 saturated carbocycles. The highest BCUT2D eigenvalue weighted by molar-refractivity contribution is 7.97. The van der Waals surface area contributed by atoms with Crippen LogP contribution in [0, 0.1) is 0 Å². The minimum Gasteiger partial charge on any atom is -0.341 e. The number of benzene rings is 1. The van der Waals surface area contributed by atoms with Gasteiger partial charge in [-0.3, -0.25) is 0 Å². The Morgan fingerprint density at radius 2 is 2.29 bits per heavy atom. The van der Waals surface area contributed by atoms with Crippen LogP contribution in [0.2, 0.25) is 0 Å². The normalized spacial score (nSPS) is 11.0. The van der Waals surface area contributed by atoms with Crippen molar-refractivity contribution in [2.75, 3.05) is 6.26 Å². The smallest absolute Gasteiger partial charge is 0.117 e. The number of thioether (sulfide) groups is 1. The number of nitrogens with zero attached hydrogens (tertiary/aromatic N) is 1. The zero-order valence-corrected chi connectivity index (χ0v) is 9.32. The van der Waals surface area contributed by atoms with E-state index in [0.29, 0.717) is 0 Å². The van der Waals surface area contributed by atoms with Crippen LogP contribution in [0.1, 0.15) is 18.3 Å². The molecule has 0 amide bonds. The average molecular weight is 206 g/mol. The van der Waals surface area contributed by atoms with Crippen LogP contribution >= 0.6 is 11.8 Å². The van der Waals surface area contributed by atoms with Gasteiger partial charge >= 0.3 is 0 Å². The van der Waals surface area contributed by atoms with Crippen molar-refractivity contribution in [1.29, 1.82) is 0 Å². The lowest BCUT2D eigenvalue weighted by Gasteiger charge is -1.93. The van der Waals surface area contributed by atoms with E-state index in [0.717, 1.165) is 29.0 Å². The maximum absolute atomic E-state index is 4.50. The second-order valence-corrected chi connectivity index (χ2v) is 4.19. The molecule has 0 aliphatic carbocycles. The van der Waals surface area contributed by atoms with Gasteiger partial charge in [0.25, 0.3) is 0 Å². The maximum Gasteiger partial charge on any atom is 0.117 e. The SMILES string of the molecule is CCc1ccc2nc(CSC)[nH]c2c1. The third-order valence-electron chi connectivity index (χ3n) is 2.28. The van der Waals surface area contributed by atoms with Crippen LogP contribution in [0.4, 0.5) is 0 Å². The second kappa shape index (κ2) is 4.05. The van der Waals surface area contributed by atoms with Crippen LogP contribution in [0.25, 0.3) is 11.0 Å². The summed E-state index contributed by atoms with van der Waals surface area (Å²) in [6, 6.07) is 6.42. The van der Waals surface area contributed by atoms with Gasteiger partial charge in [0.05, 0.1) is 16.8 Å². The van der Waals surface area contributed by atoms with E-state index >= 15 is 0 Å². The zero-order chi connectivity index (χ0) is 9.97. The Hall–Kier alpha value is -0.960. The predicted molar refractivity (Wildman–Crippen MR) is 62.7 cm³/mol. The first-order valence-electron chi connectivity index (χ1n) is 4.80. The summed E-state index contributed by atoms with van der Waals surface area (Å²) >= 11 is 1.79. The van der Waals surface area contributed by atoms with Gasteiger partial charge in [0, 0.05) is 0 Å². The number of hydrogen-bond donors (Lipinski definition) is 1. The van der Waals surface area contributed by atoms with Gasteiger partial charge in [-0.15, -0.1) is 0 Å². The quantitative estimate of drug-likeness (QED) is 0.836. The summed E-state index contributed by atoms with van der Waals surface area (Å²) in [4.78, 5) is 7.84. The molecule has 0 aliphatic rings. The lowest BCUT2D eigenvalue weighted by Crippen LogP contribution is -1.80. The van der Waals surface area contributed by atoms with Crippen LogP contribution in [0.5, 0.6) is 0 Å². The topological polar surface area (TPSA) is 28.7 Å². The first-order valence-corrected chi connectivity index (χ1v) is 6.19. The molecular weight excluding hydrogens is 192 g/mol. The van der Waals surface area contributed by atoms with E-state index in [1.54, 1.807) is 11.8 Å². The molecule has 1 aromatic carbocycles. The van der Waals surface area contributed by atoms with Gasteiger partial charge in [-0.05, 0) is 30.4 Å². The van der Waals surface area contributed by atoms with Gasteiger partial charge in [-0.25, -0.2) is 4.98 Å². The van der Waals surface area contributed by atoms with E-state index in [9.17, 15) is 0 Å². The molecule has 2 aromatic rings. The van der Waals surface area contributed by atoms with Crippen molar-refractivity contribution in [3.63, 3.8) is 0 Å². The Kier molecular flexibility index (Phi) is 2.77. The molecule has 1 aromatic heterocycles. The predicted octanol–water partition coefficient (Wildman–Crippen LogP) is 2.99. The molecule has 2 nitrogen and oxygen atoms in total. The molecule has 0 fully saturated rings. The number of rotatable bonds is 3. The van der Waals surface area contributed by atoms with Gasteiger partial charge in [0.1, 0.15) is 5.82 Å². The van der Waals surface area contributed by atoms with Crippen molar-refractivity contribution in [2.24, 2.45) is 0 Å². The van der Waals surface area contributed by atoms with Gasteiger partial charge in [-0.1, -0.05) is 13.0 Å². The lowest BCUT2D eigenvalue weighted by molar-refractivity contribution is 1.14. The van der Waals surface area contributed by atoms with Crippen molar-refractivity contribution >= 4 is 22.8 Å². The highest BCUT2D eigenvalue weighted by Gasteiger charge is 2.01. The molecule has 0 bridgehead atoms. The summed E-state index contributed by atoms with van der Waals surface area (Å²) in [7, 11) is 0. The molecule has 2 rings (SSSR count). The minimum atomic E-state index is 0.955. The summed E-state index contributed by atoms with van der Waals surface area (Å²) in [5, 5.41) is 0. The van der Waals surface area contributed by atoms with Crippen LogP contribution < -0.4 is 0 Å². The summed E-state index contributed by atoms with van der Waals surface area (Å²) < 4.78 is 0. The Bertz CT molecular complexity index is 434. The largest absolute Gasteiger partial charge is 0.341 e. The third kappa shape index (κ3) is 1.77. The van der Waals surface area contributed by atoms with Crippen LogP contribution in [0.15, 0.2) is 18.2 Å². The summed E-state index contributed by atoms with van der Waals surface area (Å²) in [6.07, 6.45) is 3.16. The zero-order valence-electron chi connectivity index (χ0n) is 8.50. The van der Waals surface area contributed by atoms with Crippen LogP contribution in [-0.2, 0) is 12.2 Å². The number of imidazole rings is 1. The fraction of sp³-hybridized carbons (Fsp3) is 0.364. The number of fused-ring (bicyclic) bond motifs is 1. The molecule has 3 heteroatoms. The molecule has 0 radical (unpaired) electrons. The van der Waals surface area contributed by atoms with Gasteiger partial charge in [0.15, 0.2) is 0 Å². The number of aromatic amines is 1. The molecule has 1 N–H and O–H groups in total. The molecular formula is C11H14N2S. The van der Waals surface area contributed by atoms with Gasteiger partial charge in [0.2, 0.25) is 0 Å². The average Bonchev–Trinajstić information content (AvgIpc) is 2.59. The standard InChI is InChI=1S/C11H14N2S/c1-3-8-4-5-9-10(6-8)13-11(12-9)7-14-2/h4-6H,3,7H2,1-2H3,(H,12,13). The second-order valence-electron chi connectivity index (χ2n) is 3.32. The minimum absolute atomic E-state index is 0.955. The Balaban J connectivity index is 2.43. The van der Waals surface area contributed by atoms with Crippen LogP contribution in [-0.4, -0.2) is 16.2 Å². The number of nitrogens with one attached hydrogen (secondary N) is 1. The fourth-order valence-electron chi connectivity index (χ4n) is 1.53. The summed E-state index contributed by atoms with van der Waals surface area (Å²) in [5.74, 6) is 2.02. The van der Waals surface area contributed by atoms with E-state index in [1.807, 2.05) is 0 Å². The highest BCUT2D eigenvalue weighted by atomic mass is 32.2.